The minimum atomic E-state index is 0.242. The highest BCUT2D eigenvalue weighted by Gasteiger charge is 2.14. The lowest BCUT2D eigenvalue weighted by molar-refractivity contribution is 0.248. The number of halogens is 2. The third-order valence-electron chi connectivity index (χ3n) is 2.83. The summed E-state index contributed by atoms with van der Waals surface area (Å²) in [6.07, 6.45) is 0. The van der Waals surface area contributed by atoms with Crippen LogP contribution in [-0.2, 0) is 6.54 Å². The molecule has 0 aliphatic heterocycles. The topological polar surface area (TPSA) is 29.0 Å². The minimum Gasteiger partial charge on any atom is -0.292 e. The summed E-state index contributed by atoms with van der Waals surface area (Å²) in [6.45, 7) is 2.79. The molecule has 0 fully saturated rings. The van der Waals surface area contributed by atoms with Crippen LogP contribution in [-0.4, -0.2) is 21.3 Å². The second-order valence-electron chi connectivity index (χ2n) is 4.11. The summed E-state index contributed by atoms with van der Waals surface area (Å²) in [4.78, 5) is 6.31. The fraction of sp³-hybridized carbons (Fsp3) is 0.333. The predicted molar refractivity (Wildman–Crippen MR) is 76.3 cm³/mol. The van der Waals surface area contributed by atoms with E-state index in [4.69, 9.17) is 23.2 Å². The number of hydrogen-bond acceptors (Lipinski definition) is 4. The molecule has 2 aromatic rings. The molecule has 0 saturated heterocycles. The van der Waals surface area contributed by atoms with Crippen LogP contribution in [0.4, 0.5) is 0 Å². The summed E-state index contributed by atoms with van der Waals surface area (Å²) in [5.74, 6) is 0.751. The zero-order chi connectivity index (χ0) is 13.1. The number of benzene rings is 1. The van der Waals surface area contributed by atoms with Gasteiger partial charge in [-0.25, -0.2) is 4.98 Å². The Labute approximate surface area is 121 Å². The SMILES string of the molecule is CC(c1cccc(Cl)c1)N(C)Cc1nsc(Cl)n1. The average molecular weight is 302 g/mol. The summed E-state index contributed by atoms with van der Waals surface area (Å²) in [7, 11) is 2.03. The third-order valence-corrected chi connectivity index (χ3v) is 3.90. The van der Waals surface area contributed by atoms with Crippen molar-refractivity contribution in [2.45, 2.75) is 19.5 Å². The van der Waals surface area contributed by atoms with Crippen LogP contribution in [0.2, 0.25) is 9.49 Å². The molecule has 3 nitrogen and oxygen atoms in total. The Balaban J connectivity index is 2.06. The number of hydrogen-bond donors (Lipinski definition) is 0. The van der Waals surface area contributed by atoms with Gasteiger partial charge in [-0.15, -0.1) is 0 Å². The van der Waals surface area contributed by atoms with Gasteiger partial charge in [-0.2, -0.15) is 4.37 Å². The molecule has 18 heavy (non-hydrogen) atoms. The first kappa shape index (κ1) is 13.7. The smallest absolute Gasteiger partial charge is 0.203 e. The quantitative estimate of drug-likeness (QED) is 0.853. The van der Waals surface area contributed by atoms with Crippen LogP contribution >= 0.6 is 34.7 Å². The first-order valence-electron chi connectivity index (χ1n) is 5.50. The fourth-order valence-electron chi connectivity index (χ4n) is 1.68. The van der Waals surface area contributed by atoms with Crippen molar-refractivity contribution in [2.24, 2.45) is 0 Å². The van der Waals surface area contributed by atoms with E-state index < -0.39 is 0 Å². The summed E-state index contributed by atoms with van der Waals surface area (Å²) >= 11 is 13.0. The van der Waals surface area contributed by atoms with Crippen molar-refractivity contribution in [3.63, 3.8) is 0 Å². The van der Waals surface area contributed by atoms with E-state index in [0.29, 0.717) is 11.0 Å². The Hall–Kier alpha value is -0.680. The highest BCUT2D eigenvalue weighted by molar-refractivity contribution is 7.10. The average Bonchev–Trinajstić information content (AvgIpc) is 2.73. The molecule has 1 heterocycles. The molecule has 6 heteroatoms. The lowest BCUT2D eigenvalue weighted by Gasteiger charge is -2.23. The van der Waals surface area contributed by atoms with E-state index in [2.05, 4.69) is 27.2 Å². The van der Waals surface area contributed by atoms with Crippen LogP contribution in [0.5, 0.6) is 0 Å². The van der Waals surface area contributed by atoms with Gasteiger partial charge < -0.3 is 0 Å². The van der Waals surface area contributed by atoms with E-state index in [-0.39, 0.29) is 6.04 Å². The lowest BCUT2D eigenvalue weighted by atomic mass is 10.1. The largest absolute Gasteiger partial charge is 0.292 e. The summed E-state index contributed by atoms with van der Waals surface area (Å²) < 4.78 is 4.66. The van der Waals surface area contributed by atoms with Gasteiger partial charge in [0, 0.05) is 11.1 Å². The Morgan fingerprint density at radius 1 is 1.39 bits per heavy atom. The molecule has 0 aliphatic carbocycles. The van der Waals surface area contributed by atoms with Crippen molar-refractivity contribution in [2.75, 3.05) is 7.05 Å². The molecule has 0 spiro atoms. The Morgan fingerprint density at radius 2 is 2.17 bits per heavy atom. The molecule has 0 amide bonds. The minimum absolute atomic E-state index is 0.242. The highest BCUT2D eigenvalue weighted by Crippen LogP contribution is 2.23. The normalized spacial score (nSPS) is 12.9. The van der Waals surface area contributed by atoms with Gasteiger partial charge in [-0.1, -0.05) is 23.7 Å². The van der Waals surface area contributed by atoms with Crippen molar-refractivity contribution in [1.82, 2.24) is 14.3 Å². The predicted octanol–water partition coefficient (Wildman–Crippen LogP) is 4.04. The first-order chi connectivity index (χ1) is 8.56. The van der Waals surface area contributed by atoms with Crippen molar-refractivity contribution < 1.29 is 0 Å². The standard InChI is InChI=1S/C12H13Cl2N3S/c1-8(9-4-3-5-10(13)6-9)17(2)7-11-15-12(14)18-16-11/h3-6,8H,7H2,1-2H3. The van der Waals surface area contributed by atoms with Gasteiger partial charge >= 0.3 is 0 Å². The van der Waals surface area contributed by atoms with E-state index in [0.717, 1.165) is 10.8 Å². The zero-order valence-corrected chi connectivity index (χ0v) is 12.4. The zero-order valence-electron chi connectivity index (χ0n) is 10.1. The summed E-state index contributed by atoms with van der Waals surface area (Å²) in [6, 6.07) is 8.11. The summed E-state index contributed by atoms with van der Waals surface area (Å²) in [5.41, 5.74) is 1.17. The van der Waals surface area contributed by atoms with Gasteiger partial charge in [0.15, 0.2) is 5.82 Å². The van der Waals surface area contributed by atoms with Crippen LogP contribution < -0.4 is 0 Å². The van der Waals surface area contributed by atoms with Crippen molar-refractivity contribution in [3.05, 3.63) is 45.1 Å². The molecule has 0 N–H and O–H groups in total. The molecule has 0 saturated carbocycles. The van der Waals surface area contributed by atoms with Gasteiger partial charge in [0.2, 0.25) is 4.47 Å². The van der Waals surface area contributed by atoms with Crippen LogP contribution in [0.3, 0.4) is 0 Å². The van der Waals surface area contributed by atoms with Crippen LogP contribution in [0.15, 0.2) is 24.3 Å². The van der Waals surface area contributed by atoms with E-state index in [9.17, 15) is 0 Å². The molecule has 96 valence electrons. The second kappa shape index (κ2) is 5.97. The van der Waals surface area contributed by atoms with E-state index in [1.807, 2.05) is 25.2 Å². The van der Waals surface area contributed by atoms with Crippen molar-refractivity contribution in [3.8, 4) is 0 Å². The molecule has 1 aromatic heterocycles. The second-order valence-corrected chi connectivity index (χ2v) is 5.88. The molecular weight excluding hydrogens is 289 g/mol. The maximum Gasteiger partial charge on any atom is 0.203 e. The monoisotopic (exact) mass is 301 g/mol. The lowest BCUT2D eigenvalue weighted by Crippen LogP contribution is -2.22. The van der Waals surface area contributed by atoms with Gasteiger partial charge in [-0.05, 0) is 54.8 Å². The summed E-state index contributed by atoms with van der Waals surface area (Å²) in [5, 5.41) is 0.752. The molecule has 1 atom stereocenters. The molecule has 0 radical (unpaired) electrons. The molecule has 1 unspecified atom stereocenters. The Bertz CT molecular complexity index is 530. The maximum atomic E-state index is 6.00. The number of nitrogens with zero attached hydrogens (tertiary/aromatic N) is 3. The van der Waals surface area contributed by atoms with E-state index in [1.54, 1.807) is 0 Å². The first-order valence-corrected chi connectivity index (χ1v) is 7.03. The van der Waals surface area contributed by atoms with E-state index in [1.165, 1.54) is 17.1 Å². The Kier molecular flexibility index (Phi) is 4.56. The molecule has 0 bridgehead atoms. The van der Waals surface area contributed by atoms with Crippen molar-refractivity contribution >= 4 is 34.7 Å². The van der Waals surface area contributed by atoms with Crippen LogP contribution in [0.1, 0.15) is 24.4 Å². The van der Waals surface area contributed by atoms with Crippen molar-refractivity contribution in [1.29, 1.82) is 0 Å². The molecule has 0 aliphatic rings. The highest BCUT2D eigenvalue weighted by atomic mass is 35.5. The van der Waals surface area contributed by atoms with Gasteiger partial charge in [0.1, 0.15) is 0 Å². The maximum absolute atomic E-state index is 6.00. The number of aromatic nitrogens is 2. The number of rotatable bonds is 4. The molecular formula is C12H13Cl2N3S. The van der Waals surface area contributed by atoms with Crippen LogP contribution in [0, 0.1) is 0 Å². The van der Waals surface area contributed by atoms with Gasteiger partial charge in [-0.3, -0.25) is 4.90 Å². The van der Waals surface area contributed by atoms with E-state index >= 15 is 0 Å². The molecule has 2 rings (SSSR count). The third kappa shape index (κ3) is 3.42. The van der Waals surface area contributed by atoms with Gasteiger partial charge in [0.05, 0.1) is 6.54 Å². The van der Waals surface area contributed by atoms with Gasteiger partial charge in [0.25, 0.3) is 0 Å². The van der Waals surface area contributed by atoms with Crippen LogP contribution in [0.25, 0.3) is 0 Å². The fourth-order valence-corrected chi connectivity index (χ4v) is 2.50. The molecule has 1 aromatic carbocycles. The Morgan fingerprint density at radius 3 is 2.78 bits per heavy atom.